The third kappa shape index (κ3) is 6.03. The highest BCUT2D eigenvalue weighted by atomic mass is 35.5. The molecule has 0 saturated heterocycles. The van der Waals surface area contributed by atoms with E-state index < -0.39 is 0 Å². The molecule has 3 aromatic rings. The number of carbonyl (C=O) groups is 2. The van der Waals surface area contributed by atoms with Crippen molar-refractivity contribution in [1.29, 1.82) is 0 Å². The number of aromatic nitrogens is 3. The first kappa shape index (κ1) is 29.3. The Balaban J connectivity index is 1.52. The number of aliphatic hydroxyl groups excluding tert-OH is 1. The summed E-state index contributed by atoms with van der Waals surface area (Å²) in [4.78, 5) is 33.3. The number of aliphatic hydroxyl groups is 1. The molecule has 6 N–H and O–H groups in total. The number of hydrogen-bond acceptors (Lipinski definition) is 8. The number of hydrogen-bond donors (Lipinski definition) is 4. The molecule has 1 aromatic carbocycles. The first-order valence-corrected chi connectivity index (χ1v) is 14.4. The van der Waals surface area contributed by atoms with Crippen LogP contribution in [-0.2, 0) is 16.1 Å². The van der Waals surface area contributed by atoms with Crippen molar-refractivity contribution >= 4 is 40.4 Å². The van der Waals surface area contributed by atoms with Crippen molar-refractivity contribution in [3.05, 3.63) is 77.5 Å². The summed E-state index contributed by atoms with van der Waals surface area (Å²) in [6, 6.07) is 8.84. The van der Waals surface area contributed by atoms with E-state index in [0.29, 0.717) is 47.9 Å². The quantitative estimate of drug-likeness (QED) is 0.249. The molecular formula is C30H35ClN8O3. The largest absolute Gasteiger partial charge is 0.403 e. The summed E-state index contributed by atoms with van der Waals surface area (Å²) in [6.45, 7) is 2.53. The summed E-state index contributed by atoms with van der Waals surface area (Å²) in [5, 5.41) is 19.0. The van der Waals surface area contributed by atoms with Gasteiger partial charge in [-0.2, -0.15) is 5.10 Å². The molecule has 12 heteroatoms. The van der Waals surface area contributed by atoms with Crippen LogP contribution >= 0.6 is 11.6 Å². The van der Waals surface area contributed by atoms with Crippen LogP contribution in [0.4, 0.5) is 11.4 Å². The minimum absolute atomic E-state index is 0.0939. The van der Waals surface area contributed by atoms with Gasteiger partial charge >= 0.3 is 0 Å². The van der Waals surface area contributed by atoms with Crippen molar-refractivity contribution < 1.29 is 14.7 Å². The van der Waals surface area contributed by atoms with Gasteiger partial charge in [0.25, 0.3) is 0 Å². The van der Waals surface area contributed by atoms with E-state index in [1.54, 1.807) is 41.4 Å². The number of rotatable bonds is 6. The van der Waals surface area contributed by atoms with E-state index in [1.807, 2.05) is 24.0 Å². The third-order valence-electron chi connectivity index (χ3n) is 7.78. The molecular weight excluding hydrogens is 556 g/mol. The molecule has 2 aliphatic heterocycles. The van der Waals surface area contributed by atoms with Crippen molar-refractivity contribution in [1.82, 2.24) is 19.7 Å². The first-order valence-electron chi connectivity index (χ1n) is 14.0. The average Bonchev–Trinajstić information content (AvgIpc) is 3.37. The predicted molar refractivity (Wildman–Crippen MR) is 163 cm³/mol. The van der Waals surface area contributed by atoms with E-state index in [9.17, 15) is 14.7 Å². The molecule has 2 atom stereocenters. The van der Waals surface area contributed by atoms with Gasteiger partial charge in [0.1, 0.15) is 0 Å². The summed E-state index contributed by atoms with van der Waals surface area (Å²) < 4.78 is 1.67. The van der Waals surface area contributed by atoms with Crippen LogP contribution in [0.2, 0.25) is 5.02 Å². The SMILES string of the molecule is C[C@@H]1CCC[C@H](N2CCC(c3cc(Cl)ccc3N(N)/C=C\N)=CC2=O)c2cc(ccn2)-c2c(cnn2CCO)NC1=O. The minimum atomic E-state index is -0.299. The standard InChI is InChI=1S/C30H35ClN8O3/c1-19-3-2-4-27(24-15-21(7-10-34-24)29-25(36-30(19)42)18-35-39(29)13-14-40)37-11-8-20(16-28(37)41)23-17-22(31)5-6-26(23)38(33)12-9-32/h5-7,9-10,12,15-19,27,40H,2-4,8,11,13-14,32-33H2,1H3,(H,36,42)/b12-9-/t19-,27+/m1/s1. The van der Waals surface area contributed by atoms with Gasteiger partial charge in [0, 0.05) is 53.3 Å². The van der Waals surface area contributed by atoms with Crippen molar-refractivity contribution in [2.45, 2.75) is 45.2 Å². The van der Waals surface area contributed by atoms with Crippen LogP contribution in [-0.4, -0.2) is 49.7 Å². The molecule has 0 aliphatic carbocycles. The van der Waals surface area contributed by atoms with Gasteiger partial charge in [-0.15, -0.1) is 0 Å². The number of carbonyl (C=O) groups excluding carboxylic acids is 2. The molecule has 0 unspecified atom stereocenters. The predicted octanol–water partition coefficient (Wildman–Crippen LogP) is 3.82. The number of halogens is 1. The second-order valence-corrected chi connectivity index (χ2v) is 11.0. The Labute approximate surface area is 249 Å². The fraction of sp³-hybridized carbons (Fsp3) is 0.333. The van der Waals surface area contributed by atoms with Gasteiger partial charge in [0.2, 0.25) is 11.8 Å². The van der Waals surface area contributed by atoms with E-state index in [2.05, 4.69) is 10.4 Å². The van der Waals surface area contributed by atoms with Crippen LogP contribution in [0.15, 0.2) is 61.2 Å². The summed E-state index contributed by atoms with van der Waals surface area (Å²) in [5.74, 6) is 5.71. The second-order valence-electron chi connectivity index (χ2n) is 10.5. The fourth-order valence-electron chi connectivity index (χ4n) is 5.63. The second kappa shape index (κ2) is 12.8. The number of nitrogens with two attached hydrogens (primary N) is 2. The maximum Gasteiger partial charge on any atom is 0.247 e. The summed E-state index contributed by atoms with van der Waals surface area (Å²) in [7, 11) is 0. The van der Waals surface area contributed by atoms with E-state index in [0.717, 1.165) is 28.8 Å². The smallest absolute Gasteiger partial charge is 0.247 e. The van der Waals surface area contributed by atoms with Crippen molar-refractivity contribution in [3.8, 4) is 11.3 Å². The van der Waals surface area contributed by atoms with Gasteiger partial charge in [0.15, 0.2) is 0 Å². The summed E-state index contributed by atoms with van der Waals surface area (Å²) >= 11 is 6.33. The molecule has 220 valence electrons. The molecule has 11 nitrogen and oxygen atoms in total. The van der Waals surface area contributed by atoms with E-state index in [1.165, 1.54) is 17.4 Å². The number of nitrogens with one attached hydrogen (secondary N) is 1. The molecule has 2 amide bonds. The van der Waals surface area contributed by atoms with E-state index >= 15 is 0 Å². The maximum absolute atomic E-state index is 13.8. The number of nitrogens with zero attached hydrogens (tertiary/aromatic N) is 5. The highest BCUT2D eigenvalue weighted by Gasteiger charge is 2.31. The summed E-state index contributed by atoms with van der Waals surface area (Å²) in [5.41, 5.74) is 10.6. The van der Waals surface area contributed by atoms with Crippen LogP contribution in [0.5, 0.6) is 0 Å². The molecule has 0 saturated carbocycles. The van der Waals surface area contributed by atoms with Gasteiger partial charge in [0.05, 0.1) is 48.2 Å². The Bertz CT molecular complexity index is 1530. The monoisotopic (exact) mass is 590 g/mol. The van der Waals surface area contributed by atoms with Gasteiger partial charge < -0.3 is 21.1 Å². The van der Waals surface area contributed by atoms with Gasteiger partial charge in [-0.3, -0.25) is 24.3 Å². The zero-order chi connectivity index (χ0) is 29.8. The molecule has 42 heavy (non-hydrogen) atoms. The van der Waals surface area contributed by atoms with Crippen molar-refractivity contribution in [3.63, 3.8) is 0 Å². The third-order valence-corrected chi connectivity index (χ3v) is 8.01. The number of benzene rings is 1. The van der Waals surface area contributed by atoms with Gasteiger partial charge in [-0.25, -0.2) is 5.84 Å². The number of hydrazine groups is 1. The van der Waals surface area contributed by atoms with Crippen molar-refractivity contribution in [2.24, 2.45) is 17.5 Å². The molecule has 2 aromatic heterocycles. The lowest BCUT2D eigenvalue weighted by molar-refractivity contribution is -0.129. The molecule has 5 rings (SSSR count). The highest BCUT2D eigenvalue weighted by Crippen LogP contribution is 2.38. The molecule has 0 fully saturated rings. The number of pyridine rings is 1. The zero-order valence-electron chi connectivity index (χ0n) is 23.4. The van der Waals surface area contributed by atoms with Crippen LogP contribution in [0.25, 0.3) is 16.8 Å². The van der Waals surface area contributed by atoms with Crippen molar-refractivity contribution in [2.75, 3.05) is 23.5 Å². The number of amides is 2. The van der Waals surface area contributed by atoms with Crippen LogP contribution < -0.4 is 21.9 Å². The lowest BCUT2D eigenvalue weighted by atomic mass is 9.93. The van der Waals surface area contributed by atoms with Gasteiger partial charge in [-0.05, 0) is 55.2 Å². The summed E-state index contributed by atoms with van der Waals surface area (Å²) in [6.07, 6.45) is 10.4. The number of anilines is 2. The number of fused-ring (bicyclic) bond motifs is 4. The minimum Gasteiger partial charge on any atom is -0.403 e. The Kier molecular flexibility index (Phi) is 8.91. The lowest BCUT2D eigenvalue weighted by Crippen LogP contribution is -2.38. The Morgan fingerprint density at radius 1 is 1.24 bits per heavy atom. The first-order chi connectivity index (χ1) is 20.3. The maximum atomic E-state index is 13.8. The highest BCUT2D eigenvalue weighted by molar-refractivity contribution is 6.31. The molecule has 0 radical (unpaired) electrons. The Morgan fingerprint density at radius 3 is 2.83 bits per heavy atom. The molecule has 0 spiro atoms. The fourth-order valence-corrected chi connectivity index (χ4v) is 5.80. The van der Waals surface area contributed by atoms with Crippen LogP contribution in [0, 0.1) is 5.92 Å². The topological polar surface area (TPSA) is 156 Å². The average molecular weight is 591 g/mol. The van der Waals surface area contributed by atoms with Gasteiger partial charge in [-0.1, -0.05) is 24.9 Å². The Hall–Kier alpha value is -4.19. The zero-order valence-corrected chi connectivity index (χ0v) is 24.2. The molecule has 2 bridgehead atoms. The van der Waals surface area contributed by atoms with E-state index in [-0.39, 0.29) is 36.9 Å². The van der Waals surface area contributed by atoms with Crippen LogP contribution in [0.1, 0.15) is 49.9 Å². The lowest BCUT2D eigenvalue weighted by Gasteiger charge is -2.35. The van der Waals surface area contributed by atoms with E-state index in [4.69, 9.17) is 28.2 Å². The Morgan fingerprint density at radius 2 is 2.07 bits per heavy atom. The molecule has 4 heterocycles. The molecule has 2 aliphatic rings. The van der Waals surface area contributed by atoms with Crippen LogP contribution in [0.3, 0.4) is 0 Å². The normalized spacial score (nSPS) is 19.5.